The second-order valence-corrected chi connectivity index (χ2v) is 4.99. The highest BCUT2D eigenvalue weighted by Crippen LogP contribution is 2.49. The zero-order chi connectivity index (χ0) is 11.4. The molecule has 0 amide bonds. The SMILES string of the molecule is O=S1(=O)CC(F)C(C(F)(F)F)C1(F)F. The highest BCUT2D eigenvalue weighted by molar-refractivity contribution is 7.92. The lowest BCUT2D eigenvalue weighted by atomic mass is 10.1. The van der Waals surface area contributed by atoms with E-state index < -0.39 is 39.1 Å². The van der Waals surface area contributed by atoms with Gasteiger partial charge in [0.25, 0.3) is 0 Å². The van der Waals surface area contributed by atoms with Crippen LogP contribution in [0.3, 0.4) is 0 Å². The van der Waals surface area contributed by atoms with E-state index in [0.29, 0.717) is 0 Å². The topological polar surface area (TPSA) is 34.1 Å². The summed E-state index contributed by atoms with van der Waals surface area (Å²) in [5, 5.41) is -5.06. The van der Waals surface area contributed by atoms with Gasteiger partial charge in [-0.05, 0) is 0 Å². The molecule has 14 heavy (non-hydrogen) atoms. The van der Waals surface area contributed by atoms with E-state index in [2.05, 4.69) is 0 Å². The summed E-state index contributed by atoms with van der Waals surface area (Å²) in [5.41, 5.74) is 0. The third-order valence-corrected chi connectivity index (χ3v) is 3.71. The van der Waals surface area contributed by atoms with E-state index in [1.54, 1.807) is 0 Å². The van der Waals surface area contributed by atoms with E-state index in [4.69, 9.17) is 0 Å². The average Bonchev–Trinajstić information content (AvgIpc) is 1.93. The zero-order valence-electron chi connectivity index (χ0n) is 6.35. The van der Waals surface area contributed by atoms with Gasteiger partial charge in [0.05, 0.1) is 5.75 Å². The predicted molar refractivity (Wildman–Crippen MR) is 33.2 cm³/mol. The molecule has 0 aromatic rings. The molecule has 1 saturated heterocycles. The Balaban J connectivity index is 3.23. The number of halogens is 6. The smallest absolute Gasteiger partial charge is 0.245 e. The molecule has 1 aliphatic heterocycles. The number of hydrogen-bond donors (Lipinski definition) is 0. The van der Waals surface area contributed by atoms with Crippen LogP contribution in [0.5, 0.6) is 0 Å². The van der Waals surface area contributed by atoms with Crippen molar-refractivity contribution in [3.05, 3.63) is 0 Å². The molecule has 0 saturated carbocycles. The number of sulfone groups is 1. The fourth-order valence-corrected chi connectivity index (χ4v) is 2.72. The lowest BCUT2D eigenvalue weighted by Crippen LogP contribution is -2.41. The van der Waals surface area contributed by atoms with Crippen molar-refractivity contribution < 1.29 is 34.8 Å². The molecule has 1 rings (SSSR count). The maximum absolute atomic E-state index is 12.6. The van der Waals surface area contributed by atoms with Crippen molar-refractivity contribution in [3.63, 3.8) is 0 Å². The Kier molecular flexibility index (Phi) is 2.29. The van der Waals surface area contributed by atoms with Gasteiger partial charge in [-0.25, -0.2) is 12.8 Å². The average molecular weight is 242 g/mol. The number of hydrogen-bond acceptors (Lipinski definition) is 2. The first-order chi connectivity index (χ1) is 6.00. The van der Waals surface area contributed by atoms with Gasteiger partial charge in [-0.15, -0.1) is 0 Å². The molecule has 0 aromatic carbocycles. The molecule has 1 aliphatic rings. The largest absolute Gasteiger partial charge is 0.401 e. The maximum atomic E-state index is 12.6. The second kappa shape index (κ2) is 2.77. The van der Waals surface area contributed by atoms with Gasteiger partial charge in [-0.2, -0.15) is 22.0 Å². The van der Waals surface area contributed by atoms with Crippen molar-refractivity contribution in [3.8, 4) is 0 Å². The summed E-state index contributed by atoms with van der Waals surface area (Å²) in [6.45, 7) is 0. The first kappa shape index (κ1) is 11.6. The second-order valence-electron chi connectivity index (χ2n) is 2.88. The molecule has 2 atom stereocenters. The van der Waals surface area contributed by atoms with E-state index in [9.17, 15) is 34.8 Å². The number of rotatable bonds is 0. The summed E-state index contributed by atoms with van der Waals surface area (Å²) >= 11 is 0. The third kappa shape index (κ3) is 1.47. The fraction of sp³-hybridized carbons (Fsp3) is 1.00. The minimum Gasteiger partial charge on any atom is -0.245 e. The summed E-state index contributed by atoms with van der Waals surface area (Å²) in [5.74, 6) is -5.54. The first-order valence-corrected chi connectivity index (χ1v) is 4.96. The molecule has 1 heterocycles. The molecule has 9 heteroatoms. The summed E-state index contributed by atoms with van der Waals surface area (Å²) in [6.07, 6.45) is -8.66. The van der Waals surface area contributed by atoms with Crippen LogP contribution in [0, 0.1) is 5.92 Å². The van der Waals surface area contributed by atoms with Crippen molar-refractivity contribution in [2.75, 3.05) is 5.75 Å². The monoisotopic (exact) mass is 242 g/mol. The van der Waals surface area contributed by atoms with E-state index in [1.165, 1.54) is 0 Å². The van der Waals surface area contributed by atoms with Gasteiger partial charge >= 0.3 is 11.4 Å². The summed E-state index contributed by atoms with van der Waals surface area (Å²) in [4.78, 5) is 0. The molecular weight excluding hydrogens is 238 g/mol. The van der Waals surface area contributed by atoms with Crippen LogP contribution in [-0.4, -0.2) is 31.8 Å². The van der Waals surface area contributed by atoms with Crippen molar-refractivity contribution >= 4 is 9.84 Å². The van der Waals surface area contributed by atoms with E-state index in [1.807, 2.05) is 0 Å². The van der Waals surface area contributed by atoms with Gasteiger partial charge in [0, 0.05) is 0 Å². The standard InChI is InChI=1S/C5H4F6O2S/c6-2-1-14(12,13)5(10,11)3(2)4(7,8)9/h2-3H,1H2. The van der Waals surface area contributed by atoms with Crippen LogP contribution in [0.25, 0.3) is 0 Å². The van der Waals surface area contributed by atoms with E-state index >= 15 is 0 Å². The highest BCUT2D eigenvalue weighted by Gasteiger charge is 2.71. The molecule has 0 spiro atoms. The minimum atomic E-state index is -5.56. The molecule has 0 bridgehead atoms. The van der Waals surface area contributed by atoms with Gasteiger partial charge in [0.2, 0.25) is 9.84 Å². The Morgan fingerprint density at radius 2 is 1.64 bits per heavy atom. The molecular formula is C5H4F6O2S. The number of alkyl halides is 6. The van der Waals surface area contributed by atoms with Crippen LogP contribution < -0.4 is 0 Å². The molecule has 2 nitrogen and oxygen atoms in total. The Morgan fingerprint density at radius 3 is 1.79 bits per heavy atom. The van der Waals surface area contributed by atoms with Crippen LogP contribution >= 0.6 is 0 Å². The minimum absolute atomic E-state index is 1.79. The Morgan fingerprint density at radius 1 is 1.21 bits per heavy atom. The molecule has 2 unspecified atom stereocenters. The molecule has 0 N–H and O–H groups in total. The molecule has 1 fully saturated rings. The first-order valence-electron chi connectivity index (χ1n) is 3.31. The van der Waals surface area contributed by atoms with Crippen molar-refractivity contribution in [2.45, 2.75) is 17.6 Å². The lowest BCUT2D eigenvalue weighted by molar-refractivity contribution is -0.226. The fourth-order valence-electron chi connectivity index (χ4n) is 1.22. The molecule has 0 aromatic heterocycles. The Hall–Kier alpha value is -0.470. The molecule has 0 aliphatic carbocycles. The Bertz CT molecular complexity index is 331. The highest BCUT2D eigenvalue weighted by atomic mass is 32.2. The van der Waals surface area contributed by atoms with E-state index in [0.717, 1.165) is 0 Å². The van der Waals surface area contributed by atoms with Gasteiger partial charge in [-0.3, -0.25) is 0 Å². The maximum Gasteiger partial charge on any atom is 0.401 e. The van der Waals surface area contributed by atoms with Gasteiger partial charge in [-0.1, -0.05) is 0 Å². The van der Waals surface area contributed by atoms with Crippen molar-refractivity contribution in [1.29, 1.82) is 0 Å². The van der Waals surface area contributed by atoms with Gasteiger partial charge < -0.3 is 0 Å². The summed E-state index contributed by atoms with van der Waals surface area (Å²) < 4.78 is 94.2. The van der Waals surface area contributed by atoms with Crippen LogP contribution in [0.2, 0.25) is 0 Å². The quantitative estimate of drug-likeness (QED) is 0.603. The predicted octanol–water partition coefficient (Wildman–Crippen LogP) is 1.52. The van der Waals surface area contributed by atoms with Crippen molar-refractivity contribution in [2.24, 2.45) is 5.92 Å². The molecule has 0 radical (unpaired) electrons. The molecule has 84 valence electrons. The van der Waals surface area contributed by atoms with Crippen LogP contribution in [0.4, 0.5) is 26.3 Å². The van der Waals surface area contributed by atoms with Crippen LogP contribution in [0.1, 0.15) is 0 Å². The zero-order valence-corrected chi connectivity index (χ0v) is 7.17. The summed E-state index contributed by atoms with van der Waals surface area (Å²) in [7, 11) is -5.33. The third-order valence-electron chi connectivity index (χ3n) is 1.87. The summed E-state index contributed by atoms with van der Waals surface area (Å²) in [6, 6.07) is 0. The van der Waals surface area contributed by atoms with Crippen LogP contribution in [-0.2, 0) is 9.84 Å². The van der Waals surface area contributed by atoms with Gasteiger partial charge in [0.15, 0.2) is 5.92 Å². The van der Waals surface area contributed by atoms with Crippen molar-refractivity contribution in [1.82, 2.24) is 0 Å². The van der Waals surface area contributed by atoms with E-state index in [-0.39, 0.29) is 0 Å². The lowest BCUT2D eigenvalue weighted by Gasteiger charge is -2.21. The van der Waals surface area contributed by atoms with Gasteiger partial charge in [0.1, 0.15) is 6.17 Å². The Labute approximate surface area is 74.8 Å². The van der Waals surface area contributed by atoms with Crippen LogP contribution in [0.15, 0.2) is 0 Å². The normalized spacial score (nSPS) is 35.9.